The average molecular weight is 304 g/mol. The molecule has 2 N–H and O–H groups in total. The van der Waals surface area contributed by atoms with Gasteiger partial charge in [-0.2, -0.15) is 10.2 Å². The molecule has 118 valence electrons. The van der Waals surface area contributed by atoms with Crippen molar-refractivity contribution >= 4 is 17.5 Å². The summed E-state index contributed by atoms with van der Waals surface area (Å²) in [6, 6.07) is 1.63. The summed E-state index contributed by atoms with van der Waals surface area (Å²) in [7, 11) is 1.66. The molecule has 0 aliphatic heterocycles. The number of amides is 2. The van der Waals surface area contributed by atoms with Crippen LogP contribution in [0.15, 0.2) is 18.5 Å². The van der Waals surface area contributed by atoms with E-state index in [9.17, 15) is 9.59 Å². The van der Waals surface area contributed by atoms with Gasteiger partial charge in [-0.3, -0.25) is 19.0 Å². The summed E-state index contributed by atoms with van der Waals surface area (Å²) >= 11 is 0. The summed E-state index contributed by atoms with van der Waals surface area (Å²) < 4.78 is 3.03. The molecule has 0 saturated carbocycles. The van der Waals surface area contributed by atoms with Crippen molar-refractivity contribution in [2.24, 2.45) is 7.05 Å². The van der Waals surface area contributed by atoms with Crippen molar-refractivity contribution in [1.82, 2.24) is 24.9 Å². The third-order valence-corrected chi connectivity index (χ3v) is 3.19. The molecule has 2 rings (SSSR count). The number of hydrogen-bond donors (Lipinski definition) is 2. The summed E-state index contributed by atoms with van der Waals surface area (Å²) in [6.07, 6.45) is 3.86. The van der Waals surface area contributed by atoms with Gasteiger partial charge < -0.3 is 10.6 Å². The predicted molar refractivity (Wildman–Crippen MR) is 81.7 cm³/mol. The van der Waals surface area contributed by atoms with Gasteiger partial charge in [-0.1, -0.05) is 6.92 Å². The monoisotopic (exact) mass is 304 g/mol. The third kappa shape index (κ3) is 3.16. The maximum atomic E-state index is 12.3. The number of nitrogens with zero attached hydrogens (tertiary/aromatic N) is 4. The van der Waals surface area contributed by atoms with Crippen molar-refractivity contribution in [1.29, 1.82) is 0 Å². The first-order chi connectivity index (χ1) is 10.6. The fraction of sp³-hybridized carbons (Fsp3) is 0.429. The molecule has 2 aromatic heterocycles. The normalized spacial score (nSPS) is 10.5. The third-order valence-electron chi connectivity index (χ3n) is 3.19. The highest BCUT2D eigenvalue weighted by molar-refractivity contribution is 6.07. The smallest absolute Gasteiger partial charge is 0.274 e. The van der Waals surface area contributed by atoms with Crippen LogP contribution in [0, 0.1) is 0 Å². The van der Waals surface area contributed by atoms with E-state index in [1.165, 1.54) is 10.9 Å². The fourth-order valence-corrected chi connectivity index (χ4v) is 2.08. The van der Waals surface area contributed by atoms with Gasteiger partial charge in [0.1, 0.15) is 11.4 Å². The predicted octanol–water partition coefficient (Wildman–Crippen LogP) is 1.03. The van der Waals surface area contributed by atoms with Crippen molar-refractivity contribution in [3.8, 4) is 0 Å². The van der Waals surface area contributed by atoms with E-state index in [1.807, 2.05) is 13.8 Å². The van der Waals surface area contributed by atoms with E-state index in [0.29, 0.717) is 30.2 Å². The Bertz CT molecular complexity index is 673. The van der Waals surface area contributed by atoms with Crippen LogP contribution in [0.2, 0.25) is 0 Å². The Morgan fingerprint density at radius 2 is 2.00 bits per heavy atom. The van der Waals surface area contributed by atoms with E-state index in [0.717, 1.165) is 6.42 Å². The minimum Gasteiger partial charge on any atom is -0.351 e. The van der Waals surface area contributed by atoms with Crippen LogP contribution in [0.1, 0.15) is 41.2 Å². The molecular weight excluding hydrogens is 284 g/mol. The van der Waals surface area contributed by atoms with Gasteiger partial charge in [0.25, 0.3) is 11.8 Å². The van der Waals surface area contributed by atoms with Gasteiger partial charge in [0, 0.05) is 26.3 Å². The Labute approximate surface area is 128 Å². The van der Waals surface area contributed by atoms with E-state index in [-0.39, 0.29) is 11.8 Å². The van der Waals surface area contributed by atoms with Crippen molar-refractivity contribution in [3.63, 3.8) is 0 Å². The molecule has 0 saturated heterocycles. The topological polar surface area (TPSA) is 93.8 Å². The summed E-state index contributed by atoms with van der Waals surface area (Å²) in [5.74, 6) is -0.585. The van der Waals surface area contributed by atoms with Crippen LogP contribution in [0.25, 0.3) is 0 Å². The van der Waals surface area contributed by atoms with Crippen LogP contribution in [0.5, 0.6) is 0 Å². The Morgan fingerprint density at radius 3 is 2.68 bits per heavy atom. The zero-order valence-electron chi connectivity index (χ0n) is 13.0. The molecule has 0 spiro atoms. The van der Waals surface area contributed by atoms with Crippen molar-refractivity contribution in [2.75, 3.05) is 11.9 Å². The standard InChI is InChI=1S/C14H20N6O2/c1-4-7-15-14(22)12-10(9-17-19(12)3)18-13(21)11-6-8-16-20(11)5-2/h6,8-9H,4-5,7H2,1-3H3,(H,15,22)(H,18,21). The molecule has 0 aromatic carbocycles. The van der Waals surface area contributed by atoms with Crippen LogP contribution < -0.4 is 10.6 Å². The first-order valence-corrected chi connectivity index (χ1v) is 7.21. The second-order valence-electron chi connectivity index (χ2n) is 4.77. The molecule has 2 aromatic rings. The SMILES string of the molecule is CCCNC(=O)c1c(NC(=O)c2ccnn2CC)cnn1C. The number of aryl methyl sites for hydroxylation is 2. The molecule has 22 heavy (non-hydrogen) atoms. The fourth-order valence-electron chi connectivity index (χ4n) is 2.08. The Morgan fingerprint density at radius 1 is 1.23 bits per heavy atom. The van der Waals surface area contributed by atoms with Gasteiger partial charge >= 0.3 is 0 Å². The second kappa shape index (κ2) is 6.88. The number of carbonyl (C=O) groups is 2. The molecule has 2 amide bonds. The molecule has 2 heterocycles. The quantitative estimate of drug-likeness (QED) is 0.833. The minimum absolute atomic E-state index is 0.263. The molecular formula is C14H20N6O2. The van der Waals surface area contributed by atoms with E-state index in [4.69, 9.17) is 0 Å². The van der Waals surface area contributed by atoms with Crippen LogP contribution in [0.4, 0.5) is 5.69 Å². The van der Waals surface area contributed by atoms with Crippen LogP contribution in [0.3, 0.4) is 0 Å². The van der Waals surface area contributed by atoms with Crippen LogP contribution in [-0.2, 0) is 13.6 Å². The lowest BCUT2D eigenvalue weighted by atomic mass is 10.3. The maximum Gasteiger partial charge on any atom is 0.274 e. The van der Waals surface area contributed by atoms with Crippen LogP contribution >= 0.6 is 0 Å². The first-order valence-electron chi connectivity index (χ1n) is 7.21. The highest BCUT2D eigenvalue weighted by atomic mass is 16.2. The van der Waals surface area contributed by atoms with Gasteiger partial charge in [-0.25, -0.2) is 0 Å². The number of aromatic nitrogens is 4. The van der Waals surface area contributed by atoms with E-state index in [2.05, 4.69) is 20.8 Å². The largest absolute Gasteiger partial charge is 0.351 e. The Balaban J connectivity index is 2.20. The average Bonchev–Trinajstić information content (AvgIpc) is 3.11. The zero-order valence-corrected chi connectivity index (χ0v) is 13.0. The summed E-state index contributed by atoms with van der Waals surface area (Å²) in [6.45, 7) is 5.03. The lowest BCUT2D eigenvalue weighted by Crippen LogP contribution is -2.28. The lowest BCUT2D eigenvalue weighted by molar-refractivity contribution is 0.0945. The Kier molecular flexibility index (Phi) is 4.92. The molecule has 0 radical (unpaired) electrons. The number of carbonyl (C=O) groups excluding carboxylic acids is 2. The van der Waals surface area contributed by atoms with Crippen molar-refractivity contribution < 1.29 is 9.59 Å². The summed E-state index contributed by atoms with van der Waals surface area (Å²) in [5, 5.41) is 13.6. The molecule has 0 atom stereocenters. The number of hydrogen-bond acceptors (Lipinski definition) is 4. The molecule has 0 aliphatic carbocycles. The summed E-state index contributed by atoms with van der Waals surface area (Å²) in [4.78, 5) is 24.5. The highest BCUT2D eigenvalue weighted by Gasteiger charge is 2.20. The van der Waals surface area contributed by atoms with Gasteiger partial charge in [0.15, 0.2) is 0 Å². The summed E-state index contributed by atoms with van der Waals surface area (Å²) in [5.41, 5.74) is 1.14. The van der Waals surface area contributed by atoms with E-state index in [1.54, 1.807) is 24.0 Å². The molecule has 8 heteroatoms. The molecule has 0 aliphatic rings. The molecule has 0 bridgehead atoms. The van der Waals surface area contributed by atoms with E-state index < -0.39 is 0 Å². The van der Waals surface area contributed by atoms with Crippen LogP contribution in [-0.4, -0.2) is 37.9 Å². The zero-order chi connectivity index (χ0) is 16.1. The van der Waals surface area contributed by atoms with Gasteiger partial charge in [0.05, 0.1) is 11.9 Å². The number of rotatable bonds is 6. The molecule has 8 nitrogen and oxygen atoms in total. The van der Waals surface area contributed by atoms with Crippen molar-refractivity contribution in [3.05, 3.63) is 29.8 Å². The minimum atomic E-state index is -0.322. The maximum absolute atomic E-state index is 12.3. The van der Waals surface area contributed by atoms with Crippen molar-refractivity contribution in [2.45, 2.75) is 26.8 Å². The molecule has 0 unspecified atom stereocenters. The van der Waals surface area contributed by atoms with Gasteiger partial charge in [-0.05, 0) is 19.4 Å². The van der Waals surface area contributed by atoms with E-state index >= 15 is 0 Å². The number of anilines is 1. The van der Waals surface area contributed by atoms with Gasteiger partial charge in [-0.15, -0.1) is 0 Å². The second-order valence-corrected chi connectivity index (χ2v) is 4.77. The first kappa shape index (κ1) is 15.7. The molecule has 0 fully saturated rings. The Hall–Kier alpha value is -2.64. The highest BCUT2D eigenvalue weighted by Crippen LogP contribution is 2.15. The lowest BCUT2D eigenvalue weighted by Gasteiger charge is -2.09. The number of nitrogens with one attached hydrogen (secondary N) is 2. The van der Waals surface area contributed by atoms with Gasteiger partial charge in [0.2, 0.25) is 0 Å².